The van der Waals surface area contributed by atoms with Crippen LogP contribution in [0.15, 0.2) is 85.1 Å². The van der Waals surface area contributed by atoms with E-state index in [-0.39, 0.29) is 0 Å². The molecular weight excluding hydrogens is 363 g/mol. The van der Waals surface area contributed by atoms with Crippen molar-refractivity contribution in [3.8, 4) is 33.8 Å². The molecule has 2 aromatic carbocycles. The SMILES string of the molecule is Clc1ccc(-c2ccc(-c3ccccn3)nc2-c2ccc(Cl)cc2)cc1. The van der Waals surface area contributed by atoms with E-state index in [4.69, 9.17) is 28.2 Å². The average Bonchev–Trinajstić information content (AvgIpc) is 2.70. The van der Waals surface area contributed by atoms with Gasteiger partial charge in [0.2, 0.25) is 0 Å². The maximum atomic E-state index is 6.06. The van der Waals surface area contributed by atoms with E-state index < -0.39 is 0 Å². The van der Waals surface area contributed by atoms with Gasteiger partial charge in [-0.05, 0) is 54.1 Å². The first-order valence-electron chi connectivity index (χ1n) is 8.15. The molecule has 0 radical (unpaired) electrons. The number of aromatic nitrogens is 2. The zero-order chi connectivity index (χ0) is 17.9. The van der Waals surface area contributed by atoms with Crippen LogP contribution in [0.25, 0.3) is 33.8 Å². The molecule has 0 unspecified atom stereocenters. The second kappa shape index (κ2) is 7.28. The Bertz CT molecular complexity index is 1030. The van der Waals surface area contributed by atoms with Gasteiger partial charge in [0, 0.05) is 27.4 Å². The molecule has 0 aliphatic rings. The van der Waals surface area contributed by atoms with Gasteiger partial charge in [0.05, 0.1) is 17.1 Å². The van der Waals surface area contributed by atoms with Gasteiger partial charge >= 0.3 is 0 Å². The molecule has 4 aromatic rings. The van der Waals surface area contributed by atoms with E-state index in [1.807, 2.05) is 72.8 Å². The maximum absolute atomic E-state index is 6.06. The lowest BCUT2D eigenvalue weighted by molar-refractivity contribution is 1.25. The highest BCUT2D eigenvalue weighted by Crippen LogP contribution is 2.33. The molecule has 0 atom stereocenters. The molecule has 0 saturated carbocycles. The summed E-state index contributed by atoms with van der Waals surface area (Å²) in [6.45, 7) is 0. The number of nitrogens with zero attached hydrogens (tertiary/aromatic N) is 2. The molecule has 0 aliphatic carbocycles. The molecule has 4 rings (SSSR count). The molecule has 0 bridgehead atoms. The first-order valence-corrected chi connectivity index (χ1v) is 8.91. The average molecular weight is 377 g/mol. The fraction of sp³-hybridized carbons (Fsp3) is 0. The molecule has 2 heterocycles. The predicted molar refractivity (Wildman–Crippen MR) is 108 cm³/mol. The largest absolute Gasteiger partial charge is 0.255 e. The Morgan fingerprint density at radius 1 is 0.577 bits per heavy atom. The second-order valence-corrected chi connectivity index (χ2v) is 6.69. The molecule has 0 saturated heterocycles. The number of benzene rings is 2. The van der Waals surface area contributed by atoms with Crippen LogP contribution in [0.4, 0.5) is 0 Å². The lowest BCUT2D eigenvalue weighted by Gasteiger charge is -2.12. The lowest BCUT2D eigenvalue weighted by atomic mass is 9.98. The van der Waals surface area contributed by atoms with Gasteiger partial charge in [-0.1, -0.05) is 53.5 Å². The van der Waals surface area contributed by atoms with Crippen molar-refractivity contribution in [2.45, 2.75) is 0 Å². The van der Waals surface area contributed by atoms with Gasteiger partial charge in [-0.25, -0.2) is 4.98 Å². The Kier molecular flexibility index (Phi) is 4.70. The van der Waals surface area contributed by atoms with Crippen LogP contribution in [-0.2, 0) is 0 Å². The summed E-state index contributed by atoms with van der Waals surface area (Å²) in [5.74, 6) is 0. The van der Waals surface area contributed by atoms with Crippen molar-refractivity contribution in [1.29, 1.82) is 0 Å². The van der Waals surface area contributed by atoms with E-state index in [0.717, 1.165) is 33.8 Å². The van der Waals surface area contributed by atoms with Crippen LogP contribution in [0, 0.1) is 0 Å². The van der Waals surface area contributed by atoms with E-state index in [1.54, 1.807) is 6.20 Å². The quantitative estimate of drug-likeness (QED) is 0.393. The first-order chi connectivity index (χ1) is 12.7. The molecule has 2 nitrogen and oxygen atoms in total. The van der Waals surface area contributed by atoms with Gasteiger partial charge in [0.1, 0.15) is 0 Å². The number of hydrogen-bond donors (Lipinski definition) is 0. The van der Waals surface area contributed by atoms with Crippen molar-refractivity contribution in [3.05, 3.63) is 95.1 Å². The molecular formula is C22H14Cl2N2. The topological polar surface area (TPSA) is 25.8 Å². The molecule has 0 amide bonds. The molecule has 0 fully saturated rings. The summed E-state index contributed by atoms with van der Waals surface area (Å²) >= 11 is 12.1. The zero-order valence-corrected chi connectivity index (χ0v) is 15.2. The molecule has 0 N–H and O–H groups in total. The number of halogens is 2. The third-order valence-electron chi connectivity index (χ3n) is 4.10. The summed E-state index contributed by atoms with van der Waals surface area (Å²) in [5, 5.41) is 1.41. The highest BCUT2D eigenvalue weighted by atomic mass is 35.5. The van der Waals surface area contributed by atoms with Crippen molar-refractivity contribution in [2.75, 3.05) is 0 Å². The fourth-order valence-corrected chi connectivity index (χ4v) is 3.06. The molecule has 26 heavy (non-hydrogen) atoms. The molecule has 0 aliphatic heterocycles. The van der Waals surface area contributed by atoms with Crippen LogP contribution in [0.1, 0.15) is 0 Å². The minimum atomic E-state index is 0.697. The van der Waals surface area contributed by atoms with Crippen molar-refractivity contribution in [2.24, 2.45) is 0 Å². The van der Waals surface area contributed by atoms with Crippen LogP contribution >= 0.6 is 23.2 Å². The highest BCUT2D eigenvalue weighted by molar-refractivity contribution is 6.31. The number of rotatable bonds is 3. The molecule has 4 heteroatoms. The summed E-state index contributed by atoms with van der Waals surface area (Å²) in [6.07, 6.45) is 1.77. The van der Waals surface area contributed by atoms with Gasteiger partial charge in [-0.15, -0.1) is 0 Å². The smallest absolute Gasteiger partial charge is 0.0894 e. The Morgan fingerprint density at radius 3 is 1.85 bits per heavy atom. The van der Waals surface area contributed by atoms with Gasteiger partial charge < -0.3 is 0 Å². The fourth-order valence-electron chi connectivity index (χ4n) is 2.81. The van der Waals surface area contributed by atoms with Crippen molar-refractivity contribution < 1.29 is 0 Å². The van der Waals surface area contributed by atoms with Crippen LogP contribution in [-0.4, -0.2) is 9.97 Å². The second-order valence-electron chi connectivity index (χ2n) is 5.82. The van der Waals surface area contributed by atoms with Crippen molar-refractivity contribution in [1.82, 2.24) is 9.97 Å². The summed E-state index contributed by atoms with van der Waals surface area (Å²) < 4.78 is 0. The van der Waals surface area contributed by atoms with E-state index in [0.29, 0.717) is 10.0 Å². The first kappa shape index (κ1) is 16.8. The van der Waals surface area contributed by atoms with Gasteiger partial charge in [-0.2, -0.15) is 0 Å². The van der Waals surface area contributed by atoms with E-state index in [9.17, 15) is 0 Å². The molecule has 126 valence electrons. The van der Waals surface area contributed by atoms with Crippen LogP contribution in [0.3, 0.4) is 0 Å². The Hall–Kier alpha value is -2.68. The van der Waals surface area contributed by atoms with E-state index in [2.05, 4.69) is 11.1 Å². The Balaban J connectivity index is 1.90. The van der Waals surface area contributed by atoms with Crippen LogP contribution in [0.5, 0.6) is 0 Å². The number of pyridine rings is 2. The highest BCUT2D eigenvalue weighted by Gasteiger charge is 2.12. The third kappa shape index (κ3) is 3.48. The standard InChI is InChI=1S/C22H14Cl2N2/c23-17-8-4-15(5-9-17)19-12-13-21(20-3-1-2-14-25-20)26-22(19)16-6-10-18(24)11-7-16/h1-14H. The minimum absolute atomic E-state index is 0.697. The monoisotopic (exact) mass is 376 g/mol. The predicted octanol–water partition coefficient (Wildman–Crippen LogP) is 6.78. The van der Waals surface area contributed by atoms with Crippen molar-refractivity contribution in [3.63, 3.8) is 0 Å². The van der Waals surface area contributed by atoms with Crippen molar-refractivity contribution >= 4 is 23.2 Å². The maximum Gasteiger partial charge on any atom is 0.0894 e. The van der Waals surface area contributed by atoms with E-state index in [1.165, 1.54) is 0 Å². The summed E-state index contributed by atoms with van der Waals surface area (Å²) in [6, 6.07) is 25.3. The summed E-state index contributed by atoms with van der Waals surface area (Å²) in [5.41, 5.74) is 5.63. The van der Waals surface area contributed by atoms with Gasteiger partial charge in [0.25, 0.3) is 0 Å². The van der Waals surface area contributed by atoms with Gasteiger partial charge in [0.15, 0.2) is 0 Å². The minimum Gasteiger partial charge on any atom is -0.255 e. The van der Waals surface area contributed by atoms with Crippen LogP contribution in [0.2, 0.25) is 10.0 Å². The molecule has 2 aromatic heterocycles. The normalized spacial score (nSPS) is 10.7. The summed E-state index contributed by atoms with van der Waals surface area (Å²) in [7, 11) is 0. The third-order valence-corrected chi connectivity index (χ3v) is 4.60. The summed E-state index contributed by atoms with van der Waals surface area (Å²) in [4.78, 5) is 9.31. The van der Waals surface area contributed by atoms with Crippen LogP contribution < -0.4 is 0 Å². The Labute approximate surface area is 162 Å². The lowest BCUT2D eigenvalue weighted by Crippen LogP contribution is -1.94. The van der Waals surface area contributed by atoms with Gasteiger partial charge in [-0.3, -0.25) is 4.98 Å². The molecule has 0 spiro atoms. The zero-order valence-electron chi connectivity index (χ0n) is 13.7. The number of hydrogen-bond acceptors (Lipinski definition) is 2. The Morgan fingerprint density at radius 2 is 1.23 bits per heavy atom. The van der Waals surface area contributed by atoms with E-state index >= 15 is 0 Å².